The zero-order valence-corrected chi connectivity index (χ0v) is 19.1. The second-order valence-corrected chi connectivity index (χ2v) is 8.86. The Morgan fingerprint density at radius 3 is 2.31 bits per heavy atom. The molecule has 7 nitrogen and oxygen atoms in total. The van der Waals surface area contributed by atoms with Crippen LogP contribution in [0.4, 0.5) is 5.82 Å². The Bertz CT molecular complexity index is 906. The number of anilines is 1. The third-order valence-corrected chi connectivity index (χ3v) is 6.84. The lowest BCUT2D eigenvalue weighted by atomic mass is 9.84. The van der Waals surface area contributed by atoms with Crippen molar-refractivity contribution >= 4 is 17.6 Å². The Labute approximate surface area is 190 Å². The van der Waals surface area contributed by atoms with Crippen LogP contribution in [0.25, 0.3) is 11.3 Å². The van der Waals surface area contributed by atoms with Gasteiger partial charge in [-0.2, -0.15) is 0 Å². The molecule has 170 valence electrons. The number of carbonyl (C=O) groups is 2. The van der Waals surface area contributed by atoms with Crippen molar-refractivity contribution in [1.82, 2.24) is 20.0 Å². The Kier molecular flexibility index (Phi) is 7.02. The molecule has 0 unspecified atom stereocenters. The molecule has 0 radical (unpaired) electrons. The molecule has 1 saturated heterocycles. The van der Waals surface area contributed by atoms with E-state index in [9.17, 15) is 9.59 Å². The van der Waals surface area contributed by atoms with Crippen LogP contribution < -0.4 is 4.90 Å². The quantitative estimate of drug-likeness (QED) is 0.668. The minimum atomic E-state index is 0.0446. The normalized spacial score (nSPS) is 17.6. The number of hydrogen-bond acceptors (Lipinski definition) is 5. The number of hydrogen-bond donors (Lipinski definition) is 0. The number of nitrogens with zero attached hydrogens (tertiary/aromatic N) is 5. The highest BCUT2D eigenvalue weighted by Crippen LogP contribution is 2.29. The Morgan fingerprint density at radius 1 is 1.03 bits per heavy atom. The molecule has 1 atom stereocenters. The molecule has 2 aromatic rings. The molecule has 1 saturated carbocycles. The summed E-state index contributed by atoms with van der Waals surface area (Å²) in [6.45, 7) is 6.99. The number of aromatic nitrogens is 2. The van der Waals surface area contributed by atoms with E-state index in [1.165, 1.54) is 0 Å². The second-order valence-electron chi connectivity index (χ2n) is 8.86. The fraction of sp³-hybridized carbons (Fsp3) is 0.520. The molecular weight excluding hydrogens is 402 g/mol. The molecule has 0 spiro atoms. The first-order chi connectivity index (χ1) is 15.6. The first-order valence-corrected chi connectivity index (χ1v) is 11.8. The molecule has 1 aliphatic carbocycles. The summed E-state index contributed by atoms with van der Waals surface area (Å²) in [7, 11) is 0. The summed E-state index contributed by atoms with van der Waals surface area (Å²) in [5.41, 5.74) is 1.90. The summed E-state index contributed by atoms with van der Waals surface area (Å²) >= 11 is 0. The van der Waals surface area contributed by atoms with Gasteiger partial charge in [0.25, 0.3) is 0 Å². The molecule has 7 heteroatoms. The first kappa shape index (κ1) is 22.2. The fourth-order valence-electron chi connectivity index (χ4n) is 4.25. The minimum absolute atomic E-state index is 0.0446. The fourth-order valence-corrected chi connectivity index (χ4v) is 4.25. The van der Waals surface area contributed by atoms with Crippen LogP contribution in [0.1, 0.15) is 39.5 Å². The minimum Gasteiger partial charge on any atom is -0.352 e. The molecule has 2 fully saturated rings. The lowest BCUT2D eigenvalue weighted by molar-refractivity contribution is -0.147. The summed E-state index contributed by atoms with van der Waals surface area (Å²) in [6, 6.07) is 14.1. The van der Waals surface area contributed by atoms with Crippen molar-refractivity contribution in [3.63, 3.8) is 0 Å². The molecule has 0 bridgehead atoms. The van der Waals surface area contributed by atoms with Crippen molar-refractivity contribution in [1.29, 1.82) is 0 Å². The van der Waals surface area contributed by atoms with Gasteiger partial charge in [0.05, 0.1) is 12.2 Å². The van der Waals surface area contributed by atoms with Crippen molar-refractivity contribution < 1.29 is 9.59 Å². The molecular formula is C25H33N5O2. The molecule has 4 rings (SSSR count). The number of amides is 2. The molecule has 2 aliphatic rings. The first-order valence-electron chi connectivity index (χ1n) is 11.8. The Morgan fingerprint density at radius 2 is 1.75 bits per heavy atom. The predicted octanol–water partition coefficient (Wildman–Crippen LogP) is 3.22. The van der Waals surface area contributed by atoms with Gasteiger partial charge in [-0.15, -0.1) is 10.2 Å². The van der Waals surface area contributed by atoms with Crippen molar-refractivity contribution in [3.8, 4) is 11.3 Å². The van der Waals surface area contributed by atoms with Gasteiger partial charge in [-0.3, -0.25) is 9.59 Å². The van der Waals surface area contributed by atoms with E-state index < -0.39 is 0 Å². The molecule has 0 N–H and O–H groups in total. The van der Waals surface area contributed by atoms with Crippen molar-refractivity contribution in [2.24, 2.45) is 5.92 Å². The zero-order valence-electron chi connectivity index (χ0n) is 19.1. The van der Waals surface area contributed by atoms with E-state index in [4.69, 9.17) is 0 Å². The zero-order chi connectivity index (χ0) is 22.5. The summed E-state index contributed by atoms with van der Waals surface area (Å²) in [6.07, 6.45) is 3.90. The van der Waals surface area contributed by atoms with E-state index in [0.717, 1.165) is 42.8 Å². The smallest absolute Gasteiger partial charge is 0.242 e. The van der Waals surface area contributed by atoms with E-state index in [1.54, 1.807) is 0 Å². The standard InChI is InChI=1S/C25H33N5O2/c1-3-19(2)30(25(32)21-10-7-11-21)18-24(31)29-16-14-28(15-17-29)23-13-12-22(26-27-23)20-8-5-4-6-9-20/h4-6,8-9,12-13,19,21H,3,7,10-11,14-18H2,1-2H3/t19-/m1/s1. The molecule has 1 aliphatic heterocycles. The highest BCUT2D eigenvalue weighted by atomic mass is 16.2. The molecule has 1 aromatic carbocycles. The summed E-state index contributed by atoms with van der Waals surface area (Å²) < 4.78 is 0. The van der Waals surface area contributed by atoms with Crippen LogP contribution >= 0.6 is 0 Å². The number of rotatable bonds is 7. The van der Waals surface area contributed by atoms with E-state index in [0.29, 0.717) is 26.2 Å². The maximum Gasteiger partial charge on any atom is 0.242 e. The van der Waals surface area contributed by atoms with Crippen LogP contribution in [-0.2, 0) is 9.59 Å². The van der Waals surface area contributed by atoms with Crippen LogP contribution in [0.2, 0.25) is 0 Å². The highest BCUT2D eigenvalue weighted by molar-refractivity contribution is 5.86. The van der Waals surface area contributed by atoms with Crippen molar-refractivity contribution in [2.75, 3.05) is 37.6 Å². The highest BCUT2D eigenvalue weighted by Gasteiger charge is 2.33. The largest absolute Gasteiger partial charge is 0.352 e. The topological polar surface area (TPSA) is 69.6 Å². The summed E-state index contributed by atoms with van der Waals surface area (Å²) in [5.74, 6) is 1.15. The van der Waals surface area contributed by atoms with Crippen molar-refractivity contribution in [3.05, 3.63) is 42.5 Å². The van der Waals surface area contributed by atoms with Gasteiger partial charge in [-0.05, 0) is 38.3 Å². The average Bonchev–Trinajstić information content (AvgIpc) is 2.81. The molecule has 2 amide bonds. The Balaban J connectivity index is 1.32. The molecule has 32 heavy (non-hydrogen) atoms. The van der Waals surface area contributed by atoms with E-state index >= 15 is 0 Å². The third kappa shape index (κ3) is 4.92. The molecule has 2 heterocycles. The molecule has 1 aromatic heterocycles. The van der Waals surface area contributed by atoms with Crippen LogP contribution in [0.5, 0.6) is 0 Å². The third-order valence-electron chi connectivity index (χ3n) is 6.84. The van der Waals surface area contributed by atoms with Gasteiger partial charge in [-0.1, -0.05) is 43.7 Å². The van der Waals surface area contributed by atoms with Gasteiger partial charge in [0.15, 0.2) is 5.82 Å². The summed E-state index contributed by atoms with van der Waals surface area (Å²) in [5, 5.41) is 8.79. The number of benzene rings is 1. The predicted molar refractivity (Wildman–Crippen MR) is 125 cm³/mol. The number of piperazine rings is 1. The lowest BCUT2D eigenvalue weighted by Gasteiger charge is -2.38. The van der Waals surface area contributed by atoms with Gasteiger partial charge in [0.1, 0.15) is 0 Å². The SMILES string of the molecule is CC[C@@H](C)N(CC(=O)N1CCN(c2ccc(-c3ccccc3)nn2)CC1)C(=O)C1CCC1. The van der Waals surface area contributed by atoms with Gasteiger partial charge in [0.2, 0.25) is 11.8 Å². The average molecular weight is 436 g/mol. The van der Waals surface area contributed by atoms with Crippen LogP contribution in [0.3, 0.4) is 0 Å². The van der Waals surface area contributed by atoms with Crippen molar-refractivity contribution in [2.45, 2.75) is 45.6 Å². The van der Waals surface area contributed by atoms with Gasteiger partial charge in [0, 0.05) is 43.7 Å². The van der Waals surface area contributed by atoms with Gasteiger partial charge in [-0.25, -0.2) is 0 Å². The second kappa shape index (κ2) is 10.1. The maximum absolute atomic E-state index is 13.0. The van der Waals surface area contributed by atoms with Crippen LogP contribution in [-0.4, -0.2) is 70.6 Å². The van der Waals surface area contributed by atoms with Crippen LogP contribution in [0, 0.1) is 5.92 Å². The van der Waals surface area contributed by atoms with Gasteiger partial charge < -0.3 is 14.7 Å². The van der Waals surface area contributed by atoms with E-state index in [1.807, 2.05) is 59.2 Å². The van der Waals surface area contributed by atoms with Crippen LogP contribution in [0.15, 0.2) is 42.5 Å². The van der Waals surface area contributed by atoms with E-state index in [2.05, 4.69) is 22.0 Å². The summed E-state index contributed by atoms with van der Waals surface area (Å²) in [4.78, 5) is 31.7. The monoisotopic (exact) mass is 435 g/mol. The van der Waals surface area contributed by atoms with E-state index in [-0.39, 0.29) is 30.3 Å². The lowest BCUT2D eigenvalue weighted by Crippen LogP contribution is -2.54. The number of carbonyl (C=O) groups excluding carboxylic acids is 2. The Hall–Kier alpha value is -2.96. The maximum atomic E-state index is 13.0. The van der Waals surface area contributed by atoms with Gasteiger partial charge >= 0.3 is 0 Å².